The van der Waals surface area contributed by atoms with Gasteiger partial charge < -0.3 is 0 Å². The molecule has 15 heavy (non-hydrogen) atoms. The highest BCUT2D eigenvalue weighted by molar-refractivity contribution is 8.22. The number of unbranched alkanes of at least 4 members (excludes halogenated alkanes) is 1. The fourth-order valence-electron chi connectivity index (χ4n) is 0.990. The van der Waals surface area contributed by atoms with Crippen LogP contribution in [0.1, 0.15) is 19.8 Å². The number of hydrazine groups is 1. The molecule has 0 spiro atoms. The maximum atomic E-state index is 5.16. The number of thiocarbonyl (C=S) groups is 1. The topological polar surface area (TPSA) is 24.1 Å². The van der Waals surface area contributed by atoms with E-state index in [0.29, 0.717) is 0 Å². The molecule has 0 unspecified atom stereocenters. The van der Waals surface area contributed by atoms with Crippen molar-refractivity contribution < 1.29 is 0 Å². The normalized spacial score (nSPS) is 9.67. The summed E-state index contributed by atoms with van der Waals surface area (Å²) in [6, 6.07) is 9.94. The van der Waals surface area contributed by atoms with Crippen molar-refractivity contribution in [3.05, 3.63) is 30.3 Å². The van der Waals surface area contributed by atoms with Gasteiger partial charge in [-0.25, -0.2) is 0 Å². The summed E-state index contributed by atoms with van der Waals surface area (Å²) in [5, 5.41) is 0. The molecule has 1 aromatic rings. The Balaban J connectivity index is 2.17. The zero-order valence-corrected chi connectivity index (χ0v) is 10.5. The summed E-state index contributed by atoms with van der Waals surface area (Å²) >= 11 is 6.83. The van der Waals surface area contributed by atoms with E-state index in [0.717, 1.165) is 15.8 Å². The predicted molar refractivity (Wildman–Crippen MR) is 73.2 cm³/mol. The zero-order chi connectivity index (χ0) is 10.9. The summed E-state index contributed by atoms with van der Waals surface area (Å²) in [6.45, 7) is 2.18. The van der Waals surface area contributed by atoms with Crippen LogP contribution in [0.2, 0.25) is 0 Å². The van der Waals surface area contributed by atoms with E-state index >= 15 is 0 Å². The van der Waals surface area contributed by atoms with Gasteiger partial charge in [0.25, 0.3) is 0 Å². The Morgan fingerprint density at radius 3 is 2.73 bits per heavy atom. The monoisotopic (exact) mass is 240 g/mol. The Morgan fingerprint density at radius 1 is 1.33 bits per heavy atom. The summed E-state index contributed by atoms with van der Waals surface area (Å²) < 4.78 is 0.798. The van der Waals surface area contributed by atoms with Crippen LogP contribution in [0.5, 0.6) is 0 Å². The molecule has 1 rings (SSSR count). The van der Waals surface area contributed by atoms with Gasteiger partial charge in [0.2, 0.25) is 0 Å². The van der Waals surface area contributed by atoms with Crippen LogP contribution < -0.4 is 10.9 Å². The predicted octanol–water partition coefficient (Wildman–Crippen LogP) is 3.42. The quantitative estimate of drug-likeness (QED) is 0.468. The standard InChI is InChI=1S/C11H16N2S2/c1-2-3-9-15-11(14)13-12-10-7-5-4-6-8-10/h4-8,12H,2-3,9H2,1H3,(H,13,14). The van der Waals surface area contributed by atoms with E-state index < -0.39 is 0 Å². The van der Waals surface area contributed by atoms with Gasteiger partial charge in [-0.1, -0.05) is 55.5 Å². The van der Waals surface area contributed by atoms with Crippen LogP contribution in [0.25, 0.3) is 0 Å². The van der Waals surface area contributed by atoms with Crippen LogP contribution in [0.15, 0.2) is 30.3 Å². The van der Waals surface area contributed by atoms with Gasteiger partial charge in [-0.05, 0) is 18.6 Å². The molecular weight excluding hydrogens is 224 g/mol. The molecule has 1 aromatic carbocycles. The Kier molecular flexibility index (Phi) is 6.20. The molecule has 4 heteroatoms. The van der Waals surface area contributed by atoms with Crippen LogP contribution in [0.4, 0.5) is 5.69 Å². The third-order valence-electron chi connectivity index (χ3n) is 1.81. The summed E-state index contributed by atoms with van der Waals surface area (Å²) in [6.07, 6.45) is 2.42. The third kappa shape index (κ3) is 5.64. The smallest absolute Gasteiger partial charge is 0.152 e. The largest absolute Gasteiger partial charge is 0.300 e. The maximum Gasteiger partial charge on any atom is 0.152 e. The maximum absolute atomic E-state index is 5.16. The molecule has 0 saturated heterocycles. The van der Waals surface area contributed by atoms with Crippen LogP contribution in [-0.4, -0.2) is 10.1 Å². The van der Waals surface area contributed by atoms with Crippen molar-refractivity contribution in [1.82, 2.24) is 5.43 Å². The van der Waals surface area contributed by atoms with Crippen molar-refractivity contribution in [2.45, 2.75) is 19.8 Å². The zero-order valence-electron chi connectivity index (χ0n) is 8.82. The number of thioether (sulfide) groups is 1. The molecule has 0 radical (unpaired) electrons. The molecule has 0 atom stereocenters. The van der Waals surface area contributed by atoms with E-state index in [4.69, 9.17) is 12.2 Å². The highest BCUT2D eigenvalue weighted by atomic mass is 32.2. The van der Waals surface area contributed by atoms with E-state index in [1.54, 1.807) is 11.8 Å². The summed E-state index contributed by atoms with van der Waals surface area (Å²) in [5.41, 5.74) is 7.09. The molecule has 0 aliphatic rings. The molecule has 2 N–H and O–H groups in total. The van der Waals surface area contributed by atoms with Gasteiger partial charge >= 0.3 is 0 Å². The molecule has 0 saturated carbocycles. The number of nitrogens with one attached hydrogen (secondary N) is 2. The minimum absolute atomic E-state index is 0.798. The second kappa shape index (κ2) is 7.54. The van der Waals surface area contributed by atoms with Gasteiger partial charge in [-0.15, -0.1) is 0 Å². The molecule has 0 amide bonds. The first-order valence-corrected chi connectivity index (χ1v) is 6.46. The van der Waals surface area contributed by atoms with Crippen molar-refractivity contribution in [3.63, 3.8) is 0 Å². The fourth-order valence-corrected chi connectivity index (χ4v) is 2.03. The van der Waals surface area contributed by atoms with Crippen LogP contribution >= 0.6 is 24.0 Å². The molecule has 82 valence electrons. The number of anilines is 1. The molecule has 0 fully saturated rings. The van der Waals surface area contributed by atoms with E-state index in [1.165, 1.54) is 12.8 Å². The van der Waals surface area contributed by atoms with Crippen molar-refractivity contribution in [1.29, 1.82) is 0 Å². The molecule has 0 bridgehead atoms. The minimum atomic E-state index is 0.798. The van der Waals surface area contributed by atoms with E-state index in [2.05, 4.69) is 17.8 Å². The van der Waals surface area contributed by atoms with Crippen molar-refractivity contribution in [2.75, 3.05) is 11.2 Å². The van der Waals surface area contributed by atoms with Gasteiger partial charge in [-0.3, -0.25) is 10.9 Å². The number of para-hydroxylation sites is 1. The van der Waals surface area contributed by atoms with Gasteiger partial charge in [0, 0.05) is 5.75 Å². The SMILES string of the molecule is CCCCSC(=S)NNc1ccccc1. The second-order valence-corrected chi connectivity index (χ2v) is 4.88. The van der Waals surface area contributed by atoms with Crippen LogP contribution in [0.3, 0.4) is 0 Å². The fraction of sp³-hybridized carbons (Fsp3) is 0.364. The van der Waals surface area contributed by atoms with Crippen molar-refractivity contribution in [3.8, 4) is 0 Å². The lowest BCUT2D eigenvalue weighted by molar-refractivity contribution is 0.898. The summed E-state index contributed by atoms with van der Waals surface area (Å²) in [7, 11) is 0. The number of benzene rings is 1. The Morgan fingerprint density at radius 2 is 2.07 bits per heavy atom. The number of rotatable bonds is 5. The molecule has 0 aromatic heterocycles. The highest BCUT2D eigenvalue weighted by Crippen LogP contribution is 2.07. The first kappa shape index (κ1) is 12.3. The van der Waals surface area contributed by atoms with Crippen molar-refractivity contribution in [2.24, 2.45) is 0 Å². The Labute approximate surface area is 101 Å². The Bertz CT molecular complexity index is 288. The van der Waals surface area contributed by atoms with Gasteiger partial charge in [-0.2, -0.15) is 0 Å². The molecular formula is C11H16N2S2. The van der Waals surface area contributed by atoms with Gasteiger partial charge in [0.05, 0.1) is 5.69 Å². The van der Waals surface area contributed by atoms with Crippen LogP contribution in [0, 0.1) is 0 Å². The molecule has 2 nitrogen and oxygen atoms in total. The molecule has 0 aliphatic heterocycles. The number of hydrogen-bond acceptors (Lipinski definition) is 3. The van der Waals surface area contributed by atoms with E-state index in [1.807, 2.05) is 30.3 Å². The van der Waals surface area contributed by atoms with Crippen LogP contribution in [-0.2, 0) is 0 Å². The lowest BCUT2D eigenvalue weighted by atomic mass is 10.3. The lowest BCUT2D eigenvalue weighted by Gasteiger charge is -2.09. The third-order valence-corrected chi connectivity index (χ3v) is 3.13. The lowest BCUT2D eigenvalue weighted by Crippen LogP contribution is -2.25. The highest BCUT2D eigenvalue weighted by Gasteiger charge is 1.95. The van der Waals surface area contributed by atoms with Gasteiger partial charge in [0.15, 0.2) is 4.32 Å². The summed E-state index contributed by atoms with van der Waals surface area (Å²) in [4.78, 5) is 0. The van der Waals surface area contributed by atoms with E-state index in [9.17, 15) is 0 Å². The minimum Gasteiger partial charge on any atom is -0.300 e. The summed E-state index contributed by atoms with van der Waals surface area (Å²) in [5.74, 6) is 1.08. The first-order chi connectivity index (χ1) is 7.33. The molecule has 0 heterocycles. The second-order valence-electron chi connectivity index (χ2n) is 3.11. The average molecular weight is 240 g/mol. The molecule has 0 aliphatic carbocycles. The Hall–Kier alpha value is -0.740. The first-order valence-electron chi connectivity index (χ1n) is 5.06. The average Bonchev–Trinajstić information content (AvgIpc) is 2.28. The van der Waals surface area contributed by atoms with Gasteiger partial charge in [0.1, 0.15) is 0 Å². The number of hydrogen-bond donors (Lipinski definition) is 2. The van der Waals surface area contributed by atoms with E-state index in [-0.39, 0.29) is 0 Å². The van der Waals surface area contributed by atoms with Crippen molar-refractivity contribution >= 4 is 34.0 Å².